The number of ether oxygens (including phenoxy) is 2. The van der Waals surface area contributed by atoms with E-state index < -0.39 is 0 Å². The molecule has 2 rings (SSSR count). The van der Waals surface area contributed by atoms with Crippen LogP contribution in [0.1, 0.15) is 25.5 Å². The Labute approximate surface area is 193 Å². The maximum Gasteiger partial charge on any atom is 0.191 e. The number of hydrogen-bond donors (Lipinski definition) is 2. The van der Waals surface area contributed by atoms with Crippen molar-refractivity contribution in [1.82, 2.24) is 20.4 Å². The number of guanidine groups is 1. The number of rotatable bonds is 10. The molecule has 1 heterocycles. The number of likely N-dealkylation sites (N-methyl/N-ethyl adjacent to an activating group) is 1. The Morgan fingerprint density at radius 1 is 1.24 bits per heavy atom. The number of halogens is 1. The van der Waals surface area contributed by atoms with Crippen molar-refractivity contribution in [2.45, 2.75) is 19.9 Å². The van der Waals surface area contributed by atoms with Gasteiger partial charge in [-0.15, -0.1) is 24.0 Å². The second-order valence-electron chi connectivity index (χ2n) is 6.85. The second-order valence-corrected chi connectivity index (χ2v) is 6.85. The fourth-order valence-corrected chi connectivity index (χ4v) is 3.54. The van der Waals surface area contributed by atoms with E-state index in [1.165, 1.54) is 5.56 Å². The Hall–Kier alpha value is -1.10. The minimum Gasteiger partial charge on any atom is -0.497 e. The first kappa shape index (κ1) is 25.9. The molecular formula is C21H38IN5O2. The van der Waals surface area contributed by atoms with E-state index in [1.54, 1.807) is 7.11 Å². The van der Waals surface area contributed by atoms with Crippen LogP contribution in [-0.4, -0.2) is 88.9 Å². The van der Waals surface area contributed by atoms with Crippen molar-refractivity contribution in [3.05, 3.63) is 29.8 Å². The number of benzene rings is 1. The lowest BCUT2D eigenvalue weighted by Gasteiger charge is -2.31. The van der Waals surface area contributed by atoms with Gasteiger partial charge in [-0.3, -0.25) is 14.8 Å². The van der Waals surface area contributed by atoms with Crippen LogP contribution in [0.4, 0.5) is 0 Å². The highest BCUT2D eigenvalue weighted by molar-refractivity contribution is 14.0. The maximum atomic E-state index is 5.42. The van der Waals surface area contributed by atoms with Crippen LogP contribution in [0.3, 0.4) is 0 Å². The van der Waals surface area contributed by atoms with E-state index in [2.05, 4.69) is 57.5 Å². The summed E-state index contributed by atoms with van der Waals surface area (Å²) < 4.78 is 10.8. The topological polar surface area (TPSA) is 61.4 Å². The van der Waals surface area contributed by atoms with Gasteiger partial charge in [-0.25, -0.2) is 0 Å². The summed E-state index contributed by atoms with van der Waals surface area (Å²) >= 11 is 0. The lowest BCUT2D eigenvalue weighted by molar-refractivity contribution is 0.0389. The molecule has 1 aliphatic heterocycles. The Balaban J connectivity index is 0.00000420. The quantitative estimate of drug-likeness (QED) is 0.281. The minimum atomic E-state index is 0. The van der Waals surface area contributed by atoms with Crippen LogP contribution in [0, 0.1) is 0 Å². The molecule has 0 aliphatic carbocycles. The largest absolute Gasteiger partial charge is 0.497 e. The van der Waals surface area contributed by atoms with Crippen LogP contribution in [0.25, 0.3) is 0 Å². The third-order valence-corrected chi connectivity index (χ3v) is 5.24. The van der Waals surface area contributed by atoms with E-state index in [1.807, 2.05) is 13.1 Å². The Bertz CT molecular complexity index is 592. The summed E-state index contributed by atoms with van der Waals surface area (Å²) in [5.41, 5.74) is 1.25. The van der Waals surface area contributed by atoms with Gasteiger partial charge in [0, 0.05) is 39.8 Å². The first-order valence-corrected chi connectivity index (χ1v) is 10.3. The van der Waals surface area contributed by atoms with Gasteiger partial charge in [0.2, 0.25) is 0 Å². The molecule has 8 heteroatoms. The van der Waals surface area contributed by atoms with Crippen LogP contribution < -0.4 is 15.4 Å². The number of nitrogens with zero attached hydrogens (tertiary/aromatic N) is 3. The molecule has 1 aromatic rings. The van der Waals surface area contributed by atoms with Gasteiger partial charge in [0.15, 0.2) is 5.96 Å². The van der Waals surface area contributed by atoms with Gasteiger partial charge in [0.1, 0.15) is 5.75 Å². The summed E-state index contributed by atoms with van der Waals surface area (Å²) in [6.07, 6.45) is 0. The van der Waals surface area contributed by atoms with E-state index >= 15 is 0 Å². The number of hydrogen-bond acceptors (Lipinski definition) is 5. The normalized spacial score (nSPS) is 16.2. The first-order valence-electron chi connectivity index (χ1n) is 10.3. The zero-order valence-electron chi connectivity index (χ0n) is 18.3. The highest BCUT2D eigenvalue weighted by Gasteiger charge is 2.19. The smallest absolute Gasteiger partial charge is 0.191 e. The van der Waals surface area contributed by atoms with Crippen LogP contribution in [0.5, 0.6) is 5.75 Å². The zero-order chi connectivity index (χ0) is 20.2. The number of nitrogens with one attached hydrogen (secondary N) is 2. The number of morpholine rings is 1. The molecule has 29 heavy (non-hydrogen) atoms. The molecule has 1 fully saturated rings. The van der Waals surface area contributed by atoms with E-state index in [0.717, 1.165) is 70.7 Å². The lowest BCUT2D eigenvalue weighted by Crippen LogP contribution is -2.46. The Kier molecular flexibility index (Phi) is 13.2. The monoisotopic (exact) mass is 519 g/mol. The van der Waals surface area contributed by atoms with Crippen LogP contribution in [-0.2, 0) is 4.74 Å². The highest BCUT2D eigenvalue weighted by atomic mass is 127. The van der Waals surface area contributed by atoms with Crippen molar-refractivity contribution in [1.29, 1.82) is 0 Å². The number of methoxy groups -OCH3 is 1. The molecule has 0 saturated carbocycles. The summed E-state index contributed by atoms with van der Waals surface area (Å²) in [7, 11) is 3.53. The summed E-state index contributed by atoms with van der Waals surface area (Å²) in [6, 6.07) is 8.59. The fourth-order valence-electron chi connectivity index (χ4n) is 3.54. The number of aliphatic imine (C=N–C) groups is 1. The van der Waals surface area contributed by atoms with Crippen molar-refractivity contribution in [2.75, 3.05) is 73.2 Å². The maximum absolute atomic E-state index is 5.42. The van der Waals surface area contributed by atoms with Gasteiger partial charge >= 0.3 is 0 Å². The molecule has 166 valence electrons. The molecule has 7 nitrogen and oxygen atoms in total. The van der Waals surface area contributed by atoms with Crippen LogP contribution in [0.15, 0.2) is 29.3 Å². The van der Waals surface area contributed by atoms with Crippen molar-refractivity contribution in [2.24, 2.45) is 4.99 Å². The lowest BCUT2D eigenvalue weighted by atomic mass is 10.0. The van der Waals surface area contributed by atoms with E-state index in [-0.39, 0.29) is 30.0 Å². The minimum absolute atomic E-state index is 0. The molecule has 0 amide bonds. The van der Waals surface area contributed by atoms with Crippen molar-refractivity contribution in [3.63, 3.8) is 0 Å². The fraction of sp³-hybridized carbons (Fsp3) is 0.667. The first-order chi connectivity index (χ1) is 13.7. The van der Waals surface area contributed by atoms with Crippen LogP contribution in [0.2, 0.25) is 0 Å². The molecule has 1 saturated heterocycles. The third kappa shape index (κ3) is 8.65. The van der Waals surface area contributed by atoms with E-state index in [0.29, 0.717) is 0 Å². The zero-order valence-corrected chi connectivity index (χ0v) is 20.6. The predicted octanol–water partition coefficient (Wildman–Crippen LogP) is 2.19. The SMILES string of the molecule is CCN(CC)C(CNC(=NC)NCCN1CCOCC1)c1cccc(OC)c1.I. The van der Waals surface area contributed by atoms with Gasteiger partial charge < -0.3 is 20.1 Å². The van der Waals surface area contributed by atoms with Crippen LogP contribution >= 0.6 is 24.0 Å². The molecule has 1 aromatic carbocycles. The molecule has 2 N–H and O–H groups in total. The highest BCUT2D eigenvalue weighted by Crippen LogP contribution is 2.23. The molecule has 0 radical (unpaired) electrons. The van der Waals surface area contributed by atoms with Gasteiger partial charge in [-0.2, -0.15) is 0 Å². The molecular weight excluding hydrogens is 481 g/mol. The van der Waals surface area contributed by atoms with Crippen molar-refractivity contribution in [3.8, 4) is 5.75 Å². The molecule has 0 bridgehead atoms. The van der Waals surface area contributed by atoms with Crippen molar-refractivity contribution < 1.29 is 9.47 Å². The average Bonchev–Trinajstić information content (AvgIpc) is 2.76. The molecule has 1 unspecified atom stereocenters. The molecule has 1 atom stereocenters. The standard InChI is InChI=1S/C21H37N5O2.HI/c1-5-26(6-2)20(18-8-7-9-19(16-18)27-4)17-24-21(22-3)23-10-11-25-12-14-28-15-13-25;/h7-9,16,20H,5-6,10-15,17H2,1-4H3,(H2,22,23,24);1H. The van der Waals surface area contributed by atoms with Gasteiger partial charge in [0.25, 0.3) is 0 Å². The molecule has 0 spiro atoms. The van der Waals surface area contributed by atoms with E-state index in [9.17, 15) is 0 Å². The Morgan fingerprint density at radius 3 is 2.59 bits per heavy atom. The summed E-state index contributed by atoms with van der Waals surface area (Å²) in [6.45, 7) is 12.7. The summed E-state index contributed by atoms with van der Waals surface area (Å²) in [5, 5.41) is 6.94. The second kappa shape index (κ2) is 14.8. The van der Waals surface area contributed by atoms with Crippen molar-refractivity contribution >= 4 is 29.9 Å². The summed E-state index contributed by atoms with van der Waals surface area (Å²) in [5.74, 6) is 1.73. The Morgan fingerprint density at radius 2 is 1.97 bits per heavy atom. The third-order valence-electron chi connectivity index (χ3n) is 5.24. The molecule has 0 aromatic heterocycles. The molecule has 1 aliphatic rings. The van der Waals surface area contributed by atoms with Gasteiger partial charge in [-0.1, -0.05) is 26.0 Å². The average molecular weight is 519 g/mol. The van der Waals surface area contributed by atoms with Gasteiger partial charge in [-0.05, 0) is 30.8 Å². The van der Waals surface area contributed by atoms with Gasteiger partial charge in [0.05, 0.1) is 26.4 Å². The predicted molar refractivity (Wildman–Crippen MR) is 131 cm³/mol. The van der Waals surface area contributed by atoms with E-state index in [4.69, 9.17) is 9.47 Å². The summed E-state index contributed by atoms with van der Waals surface area (Å²) in [4.78, 5) is 9.25.